The Hall–Kier alpha value is -4.05. The third kappa shape index (κ3) is 6.52. The van der Waals surface area contributed by atoms with Crippen molar-refractivity contribution in [2.45, 2.75) is 75.3 Å². The van der Waals surface area contributed by atoms with Gasteiger partial charge in [-0.05, 0) is 56.7 Å². The van der Waals surface area contributed by atoms with Crippen LogP contribution in [-0.2, 0) is 19.7 Å². The molecule has 5 aliphatic rings. The van der Waals surface area contributed by atoms with Gasteiger partial charge in [-0.25, -0.2) is 0 Å². The van der Waals surface area contributed by atoms with Gasteiger partial charge in [0.1, 0.15) is 35.4 Å². The van der Waals surface area contributed by atoms with Crippen LogP contribution >= 0.6 is 0 Å². The van der Waals surface area contributed by atoms with E-state index in [9.17, 15) is 36.6 Å². The van der Waals surface area contributed by atoms with Gasteiger partial charge >= 0.3 is 12.7 Å². The molecule has 4 heterocycles. The minimum Gasteiger partial charge on any atom is -0.492 e. The minimum absolute atomic E-state index is 0.0339. The van der Waals surface area contributed by atoms with Gasteiger partial charge in [0.2, 0.25) is 11.8 Å². The van der Waals surface area contributed by atoms with Crippen LogP contribution in [0.5, 0.6) is 28.7 Å². The minimum atomic E-state index is -4.93. The van der Waals surface area contributed by atoms with E-state index in [1.54, 1.807) is 11.8 Å². The molecule has 11 nitrogen and oxygen atoms in total. The van der Waals surface area contributed by atoms with Crippen molar-refractivity contribution >= 4 is 11.8 Å². The number of nitrogens with zero attached hydrogens (tertiary/aromatic N) is 1. The summed E-state index contributed by atoms with van der Waals surface area (Å²) in [4.78, 5) is 29.0. The second-order valence-electron chi connectivity index (χ2n) is 13.3. The van der Waals surface area contributed by atoms with Crippen LogP contribution in [0.1, 0.15) is 56.2 Å². The lowest BCUT2D eigenvalue weighted by molar-refractivity contribution is -0.286. The van der Waals surface area contributed by atoms with E-state index in [1.807, 2.05) is 0 Å². The third-order valence-electron chi connectivity index (χ3n) is 10.1. The number of morpholine rings is 1. The molecule has 0 spiro atoms. The van der Waals surface area contributed by atoms with Crippen molar-refractivity contribution in [2.24, 2.45) is 11.8 Å². The molecular weight excluding hydrogens is 663 g/mol. The summed E-state index contributed by atoms with van der Waals surface area (Å²) < 4.78 is 97.4. The Morgan fingerprint density at radius 3 is 2.49 bits per heavy atom. The summed E-state index contributed by atoms with van der Waals surface area (Å²) in [6, 6.07) is 5.15. The summed E-state index contributed by atoms with van der Waals surface area (Å²) in [5.74, 6) is -1.49. The normalized spacial score (nSPS) is 30.0. The summed E-state index contributed by atoms with van der Waals surface area (Å²) in [6.45, 7) is 2.37. The van der Waals surface area contributed by atoms with Gasteiger partial charge in [0.25, 0.3) is 0 Å². The molecule has 0 bridgehead atoms. The Morgan fingerprint density at radius 2 is 1.78 bits per heavy atom. The average molecular weight is 699 g/mol. The number of aliphatic hydroxyl groups is 1. The van der Waals surface area contributed by atoms with Gasteiger partial charge in [0.05, 0.1) is 31.9 Å². The van der Waals surface area contributed by atoms with Crippen molar-refractivity contribution in [2.75, 3.05) is 33.0 Å². The molecule has 1 saturated carbocycles. The van der Waals surface area contributed by atoms with Crippen molar-refractivity contribution in [3.05, 3.63) is 41.5 Å². The molecular formula is C33H35F5N2O9. The number of rotatable bonds is 6. The Labute approximate surface area is 277 Å². The maximum atomic E-state index is 14.0. The fourth-order valence-corrected chi connectivity index (χ4v) is 7.50. The van der Waals surface area contributed by atoms with Gasteiger partial charge < -0.3 is 43.7 Å². The predicted molar refractivity (Wildman–Crippen MR) is 157 cm³/mol. The standard InChI is InChI=1S/C33H35F5N2O9/c1-31(16-45-26-13-28-27(11-22(26)31)48-33(37,38)49-28)30(43)39-23-12-24(46-25-10-20(6-7-21(23)25)47-32(34,35)36)17-2-4-18(5-3-17)29(42)40-8-9-44-15-19(40)14-41/h6-7,10-11,13,17-19,23-24,41H,2-5,8-9,12,14-16H2,1H3,(H,39,43)/t17?,18?,19?,23-,24-,31+/m1/s1. The molecule has 49 heavy (non-hydrogen) atoms. The molecule has 0 aromatic heterocycles. The number of alkyl halides is 5. The Kier molecular flexibility index (Phi) is 8.45. The van der Waals surface area contributed by atoms with Gasteiger partial charge in [-0.15, -0.1) is 22.0 Å². The van der Waals surface area contributed by atoms with Crippen molar-refractivity contribution in [3.8, 4) is 28.7 Å². The fourth-order valence-electron chi connectivity index (χ4n) is 7.50. The highest BCUT2D eigenvalue weighted by Gasteiger charge is 2.50. The van der Waals surface area contributed by atoms with Crippen LogP contribution in [0.2, 0.25) is 0 Å². The van der Waals surface area contributed by atoms with Crippen molar-refractivity contribution in [3.63, 3.8) is 0 Å². The molecule has 7 rings (SSSR count). The van der Waals surface area contributed by atoms with Crippen LogP contribution in [0, 0.1) is 11.8 Å². The monoisotopic (exact) mass is 698 g/mol. The van der Waals surface area contributed by atoms with Crippen LogP contribution in [-0.4, -0.2) is 79.6 Å². The molecule has 2 fully saturated rings. The molecule has 4 atom stereocenters. The number of amides is 2. The molecule has 1 aliphatic carbocycles. The second kappa shape index (κ2) is 12.4. The smallest absolute Gasteiger partial charge is 0.492 e. The SMILES string of the molecule is C[C@]1(C(=O)N[C@@H]2C[C@H](C3CCC(C(=O)N4CCOCC4CO)CC3)Oc3cc(OC(F)(F)F)ccc32)COc2cc3c(cc21)OC(F)(F)O3. The van der Waals surface area contributed by atoms with Crippen LogP contribution in [0.25, 0.3) is 0 Å². The average Bonchev–Trinajstić information content (AvgIpc) is 3.56. The van der Waals surface area contributed by atoms with Gasteiger partial charge in [0.15, 0.2) is 11.5 Å². The van der Waals surface area contributed by atoms with E-state index in [0.717, 1.165) is 12.1 Å². The topological polar surface area (TPSA) is 125 Å². The van der Waals surface area contributed by atoms with E-state index >= 15 is 0 Å². The van der Waals surface area contributed by atoms with Crippen LogP contribution in [0.3, 0.4) is 0 Å². The first kappa shape index (κ1) is 33.4. The van der Waals surface area contributed by atoms with E-state index in [2.05, 4.69) is 19.5 Å². The van der Waals surface area contributed by atoms with Gasteiger partial charge in [-0.3, -0.25) is 9.59 Å². The lowest BCUT2D eigenvalue weighted by Gasteiger charge is -2.41. The largest absolute Gasteiger partial charge is 0.586 e. The molecule has 2 aromatic rings. The lowest BCUT2D eigenvalue weighted by Crippen LogP contribution is -2.53. The first-order chi connectivity index (χ1) is 23.2. The molecule has 4 aliphatic heterocycles. The summed E-state index contributed by atoms with van der Waals surface area (Å²) >= 11 is 0. The second-order valence-corrected chi connectivity index (χ2v) is 13.3. The van der Waals surface area contributed by atoms with E-state index in [-0.39, 0.29) is 67.0 Å². The Balaban J connectivity index is 1.10. The van der Waals surface area contributed by atoms with Crippen molar-refractivity contribution < 1.29 is 65.1 Å². The Morgan fingerprint density at radius 1 is 1.04 bits per heavy atom. The van der Waals surface area contributed by atoms with E-state index in [1.165, 1.54) is 18.2 Å². The third-order valence-corrected chi connectivity index (χ3v) is 10.1. The maximum Gasteiger partial charge on any atom is 0.586 e. The molecule has 16 heteroatoms. The molecule has 2 N–H and O–H groups in total. The summed E-state index contributed by atoms with van der Waals surface area (Å²) in [5.41, 5.74) is -0.573. The lowest BCUT2D eigenvalue weighted by atomic mass is 9.76. The van der Waals surface area contributed by atoms with E-state index in [0.29, 0.717) is 50.0 Å². The number of halogens is 5. The van der Waals surface area contributed by atoms with Crippen molar-refractivity contribution in [1.29, 1.82) is 0 Å². The highest BCUT2D eigenvalue weighted by atomic mass is 19.4. The number of carbonyl (C=O) groups excluding carboxylic acids is 2. The van der Waals surface area contributed by atoms with Crippen LogP contribution < -0.4 is 29.0 Å². The molecule has 0 radical (unpaired) electrons. The predicted octanol–water partition coefficient (Wildman–Crippen LogP) is 4.59. The number of aliphatic hydroxyl groups excluding tert-OH is 1. The number of carbonyl (C=O) groups is 2. The molecule has 1 unspecified atom stereocenters. The quantitative estimate of drug-likeness (QED) is 0.417. The highest BCUT2D eigenvalue weighted by molar-refractivity contribution is 5.90. The summed E-state index contributed by atoms with van der Waals surface area (Å²) in [5, 5.41) is 12.7. The molecule has 1 saturated heterocycles. The number of ether oxygens (including phenoxy) is 6. The maximum absolute atomic E-state index is 14.0. The highest BCUT2D eigenvalue weighted by Crippen LogP contribution is 2.50. The number of fused-ring (bicyclic) bond motifs is 3. The molecule has 266 valence electrons. The van der Waals surface area contributed by atoms with Crippen LogP contribution in [0.15, 0.2) is 30.3 Å². The van der Waals surface area contributed by atoms with Gasteiger partial charge in [0, 0.05) is 42.1 Å². The van der Waals surface area contributed by atoms with Gasteiger partial charge in [-0.1, -0.05) is 0 Å². The zero-order chi connectivity index (χ0) is 34.7. The summed E-state index contributed by atoms with van der Waals surface area (Å²) in [7, 11) is 0. The van der Waals surface area contributed by atoms with E-state index < -0.39 is 47.9 Å². The van der Waals surface area contributed by atoms with E-state index in [4.69, 9.17) is 14.2 Å². The molecule has 2 aromatic carbocycles. The van der Waals surface area contributed by atoms with Gasteiger partial charge in [-0.2, -0.15) is 0 Å². The molecule has 2 amide bonds. The first-order valence-corrected chi connectivity index (χ1v) is 16.2. The number of hydrogen-bond acceptors (Lipinski definition) is 9. The fraction of sp³-hybridized carbons (Fsp3) is 0.576. The zero-order valence-electron chi connectivity index (χ0n) is 26.4. The van der Waals surface area contributed by atoms with Crippen molar-refractivity contribution in [1.82, 2.24) is 10.2 Å². The number of benzene rings is 2. The summed E-state index contributed by atoms with van der Waals surface area (Å²) in [6.07, 6.45) is -6.71. The number of nitrogens with one attached hydrogen (secondary N) is 1. The number of hydrogen-bond donors (Lipinski definition) is 2. The van der Waals surface area contributed by atoms with Crippen LogP contribution in [0.4, 0.5) is 22.0 Å². The Bertz CT molecular complexity index is 1620. The zero-order valence-corrected chi connectivity index (χ0v) is 26.4. The first-order valence-electron chi connectivity index (χ1n) is 16.2.